The van der Waals surface area contributed by atoms with E-state index in [2.05, 4.69) is 0 Å². The fourth-order valence-electron chi connectivity index (χ4n) is 3.58. The van der Waals surface area contributed by atoms with Crippen LogP contribution < -0.4 is 0 Å². The van der Waals surface area contributed by atoms with Gasteiger partial charge in [-0.05, 0) is 42.7 Å². The first-order chi connectivity index (χ1) is 11.5. The van der Waals surface area contributed by atoms with E-state index in [9.17, 15) is 18.7 Å². The molecule has 3 nitrogen and oxygen atoms in total. The zero-order valence-corrected chi connectivity index (χ0v) is 15.5. The van der Waals surface area contributed by atoms with Gasteiger partial charge in [0.2, 0.25) is 0 Å². The summed E-state index contributed by atoms with van der Waals surface area (Å²) in [7, 11) is 0. The number of hydrogen-bond acceptors (Lipinski definition) is 3. The SMILES string of the molecule is CC(C)(C)[C@H](CCC(=O)C1CC(O)(CO)C1)c1c(F)ccc(Cl)c1F. The second-order valence-corrected chi connectivity index (χ2v) is 8.58. The van der Waals surface area contributed by atoms with Gasteiger partial charge in [0, 0.05) is 17.9 Å². The summed E-state index contributed by atoms with van der Waals surface area (Å²) < 4.78 is 28.7. The minimum atomic E-state index is -1.16. The highest BCUT2D eigenvalue weighted by Gasteiger charge is 2.45. The van der Waals surface area contributed by atoms with Crippen molar-refractivity contribution in [3.63, 3.8) is 0 Å². The minimum absolute atomic E-state index is 0.0461. The monoisotopic (exact) mass is 374 g/mol. The first-order valence-electron chi connectivity index (χ1n) is 8.48. The van der Waals surface area contributed by atoms with E-state index in [1.807, 2.05) is 20.8 Å². The number of carbonyl (C=O) groups is 1. The number of hydrogen-bond donors (Lipinski definition) is 2. The number of benzene rings is 1. The summed E-state index contributed by atoms with van der Waals surface area (Å²) in [6, 6.07) is 2.33. The first-order valence-corrected chi connectivity index (χ1v) is 8.85. The van der Waals surface area contributed by atoms with E-state index in [1.54, 1.807) is 0 Å². The summed E-state index contributed by atoms with van der Waals surface area (Å²) in [5.74, 6) is -2.28. The molecule has 6 heteroatoms. The van der Waals surface area contributed by atoms with Gasteiger partial charge >= 0.3 is 0 Å². The fraction of sp³-hybridized carbons (Fsp3) is 0.632. The van der Waals surface area contributed by atoms with Gasteiger partial charge in [-0.3, -0.25) is 4.79 Å². The van der Waals surface area contributed by atoms with Crippen molar-refractivity contribution in [1.29, 1.82) is 0 Å². The van der Waals surface area contributed by atoms with Crippen molar-refractivity contribution >= 4 is 17.4 Å². The van der Waals surface area contributed by atoms with E-state index in [1.165, 1.54) is 6.07 Å². The van der Waals surface area contributed by atoms with Crippen LogP contribution in [0.4, 0.5) is 8.78 Å². The summed E-state index contributed by atoms with van der Waals surface area (Å²) in [6.45, 7) is 5.25. The van der Waals surface area contributed by atoms with Crippen LogP contribution in [0, 0.1) is 23.0 Å². The van der Waals surface area contributed by atoms with Gasteiger partial charge in [-0.25, -0.2) is 8.78 Å². The van der Waals surface area contributed by atoms with E-state index in [-0.39, 0.29) is 48.2 Å². The summed E-state index contributed by atoms with van der Waals surface area (Å²) in [4.78, 5) is 12.3. The summed E-state index contributed by atoms with van der Waals surface area (Å²) in [6.07, 6.45) is 0.939. The Morgan fingerprint density at radius 2 is 1.96 bits per heavy atom. The summed E-state index contributed by atoms with van der Waals surface area (Å²) >= 11 is 5.81. The molecular formula is C19H25ClF2O3. The molecule has 2 rings (SSSR count). The third-order valence-corrected chi connectivity index (χ3v) is 5.45. The Labute approximate surface area is 152 Å². The Balaban J connectivity index is 2.13. The quantitative estimate of drug-likeness (QED) is 0.732. The van der Waals surface area contributed by atoms with Crippen LogP contribution in [-0.2, 0) is 4.79 Å². The molecule has 1 atom stereocenters. The van der Waals surface area contributed by atoms with Crippen LogP contribution in [0.25, 0.3) is 0 Å². The Hall–Kier alpha value is -1.04. The number of rotatable bonds is 6. The molecule has 0 bridgehead atoms. The lowest BCUT2D eigenvalue weighted by Gasteiger charge is -2.41. The molecule has 1 aliphatic rings. The highest BCUT2D eigenvalue weighted by atomic mass is 35.5. The van der Waals surface area contributed by atoms with Gasteiger partial charge in [-0.2, -0.15) is 0 Å². The standard InChI is InChI=1S/C19H25ClF2O3/c1-18(2,3)12(16-14(21)6-5-13(20)17(16)22)4-7-15(24)11-8-19(25,9-11)10-23/h5-6,11-12,23,25H,4,7-10H2,1-3H3/t11?,12-,19?/m1/s1. The van der Waals surface area contributed by atoms with Gasteiger partial charge in [-0.1, -0.05) is 32.4 Å². The number of aliphatic hydroxyl groups is 2. The largest absolute Gasteiger partial charge is 0.393 e. The smallest absolute Gasteiger partial charge is 0.148 e. The summed E-state index contributed by atoms with van der Waals surface area (Å²) in [5.41, 5.74) is -1.69. The molecule has 25 heavy (non-hydrogen) atoms. The number of carbonyl (C=O) groups excluding carboxylic acids is 1. The van der Waals surface area contributed by atoms with E-state index in [4.69, 9.17) is 16.7 Å². The molecule has 0 spiro atoms. The average molecular weight is 375 g/mol. The van der Waals surface area contributed by atoms with Gasteiger partial charge in [0.15, 0.2) is 0 Å². The Morgan fingerprint density at radius 3 is 2.48 bits per heavy atom. The van der Waals surface area contributed by atoms with Gasteiger partial charge in [0.05, 0.1) is 17.2 Å². The normalized spacial score (nSPS) is 24.7. The van der Waals surface area contributed by atoms with Crippen LogP contribution in [0.5, 0.6) is 0 Å². The maximum Gasteiger partial charge on any atom is 0.148 e. The minimum Gasteiger partial charge on any atom is -0.393 e. The predicted molar refractivity (Wildman–Crippen MR) is 92.6 cm³/mol. The van der Waals surface area contributed by atoms with Crippen molar-refractivity contribution in [3.8, 4) is 0 Å². The van der Waals surface area contributed by atoms with Crippen LogP contribution in [0.2, 0.25) is 5.02 Å². The van der Waals surface area contributed by atoms with Gasteiger partial charge in [-0.15, -0.1) is 0 Å². The van der Waals surface area contributed by atoms with Crippen LogP contribution in [-0.4, -0.2) is 28.2 Å². The molecule has 0 saturated heterocycles. The molecular weight excluding hydrogens is 350 g/mol. The van der Waals surface area contributed by atoms with Gasteiger partial charge in [0.25, 0.3) is 0 Å². The van der Waals surface area contributed by atoms with Crippen LogP contribution >= 0.6 is 11.6 Å². The van der Waals surface area contributed by atoms with Crippen molar-refractivity contribution in [1.82, 2.24) is 0 Å². The molecule has 0 unspecified atom stereocenters. The molecule has 1 saturated carbocycles. The first kappa shape index (κ1) is 20.3. The lowest BCUT2D eigenvalue weighted by molar-refractivity contribution is -0.145. The predicted octanol–water partition coefficient (Wildman–Crippen LogP) is 4.23. The molecule has 0 aliphatic heterocycles. The Morgan fingerprint density at radius 1 is 1.36 bits per heavy atom. The molecule has 0 radical (unpaired) electrons. The lowest BCUT2D eigenvalue weighted by atomic mass is 9.67. The van der Waals surface area contributed by atoms with Crippen molar-refractivity contribution in [3.05, 3.63) is 34.4 Å². The highest BCUT2D eigenvalue weighted by molar-refractivity contribution is 6.30. The second-order valence-electron chi connectivity index (χ2n) is 8.17. The molecule has 1 aliphatic carbocycles. The third kappa shape index (κ3) is 4.39. The zero-order chi connectivity index (χ0) is 19.0. The van der Waals surface area contributed by atoms with Gasteiger partial charge in [0.1, 0.15) is 17.4 Å². The van der Waals surface area contributed by atoms with Crippen molar-refractivity contribution in [2.45, 2.75) is 58.0 Å². The van der Waals surface area contributed by atoms with E-state index in [0.29, 0.717) is 6.42 Å². The molecule has 1 aromatic rings. The fourth-order valence-corrected chi connectivity index (χ4v) is 3.74. The molecule has 1 aromatic carbocycles. The van der Waals surface area contributed by atoms with E-state index >= 15 is 0 Å². The van der Waals surface area contributed by atoms with E-state index in [0.717, 1.165) is 6.07 Å². The zero-order valence-electron chi connectivity index (χ0n) is 14.8. The van der Waals surface area contributed by atoms with Crippen LogP contribution in [0.1, 0.15) is 57.9 Å². The van der Waals surface area contributed by atoms with Crippen molar-refractivity contribution in [2.24, 2.45) is 11.3 Å². The molecule has 2 N–H and O–H groups in total. The van der Waals surface area contributed by atoms with Crippen molar-refractivity contribution in [2.75, 3.05) is 6.61 Å². The van der Waals surface area contributed by atoms with Crippen molar-refractivity contribution < 1.29 is 23.8 Å². The molecule has 0 amide bonds. The highest BCUT2D eigenvalue weighted by Crippen LogP contribution is 2.44. The molecule has 0 aromatic heterocycles. The van der Waals surface area contributed by atoms with Crippen LogP contribution in [0.15, 0.2) is 12.1 Å². The topological polar surface area (TPSA) is 57.5 Å². The maximum atomic E-state index is 14.4. The van der Waals surface area contributed by atoms with Gasteiger partial charge < -0.3 is 10.2 Å². The Kier molecular flexibility index (Phi) is 5.92. The summed E-state index contributed by atoms with van der Waals surface area (Å²) in [5, 5.41) is 18.7. The lowest BCUT2D eigenvalue weighted by Crippen LogP contribution is -2.49. The van der Waals surface area contributed by atoms with Crippen LogP contribution in [0.3, 0.4) is 0 Å². The maximum absolute atomic E-state index is 14.4. The number of aliphatic hydroxyl groups excluding tert-OH is 1. The third-order valence-electron chi connectivity index (χ3n) is 5.16. The molecule has 140 valence electrons. The number of Topliss-reactive ketones (excluding diaryl/α,β-unsaturated/α-hetero) is 1. The number of ketones is 1. The van der Waals surface area contributed by atoms with E-state index < -0.39 is 28.6 Å². The Bertz CT molecular complexity index is 649. The average Bonchev–Trinajstić information content (AvgIpc) is 2.49. The molecule has 0 heterocycles. The number of halogens is 3. The second kappa shape index (κ2) is 7.29. The molecule has 1 fully saturated rings.